The van der Waals surface area contributed by atoms with Gasteiger partial charge >= 0.3 is 12.3 Å². The third-order valence-corrected chi connectivity index (χ3v) is 7.21. The number of fused-ring (bicyclic) bond motifs is 3. The molecule has 4 aromatic rings. The topological polar surface area (TPSA) is 75.0 Å². The summed E-state index contributed by atoms with van der Waals surface area (Å²) in [6.07, 6.45) is -6.00. The highest BCUT2D eigenvalue weighted by atomic mass is 35.5. The molecule has 39 heavy (non-hydrogen) atoms. The number of rotatable bonds is 4. The van der Waals surface area contributed by atoms with Gasteiger partial charge in [0.15, 0.2) is 11.5 Å². The molecule has 1 amide bonds. The van der Waals surface area contributed by atoms with E-state index in [9.17, 15) is 23.2 Å². The Morgan fingerprint density at radius 1 is 1.05 bits per heavy atom. The monoisotopic (exact) mass is 567 g/mol. The predicted octanol–water partition coefficient (Wildman–Crippen LogP) is 8.38. The first-order chi connectivity index (χ1) is 18.7. The second kappa shape index (κ2) is 10.6. The number of benzene rings is 3. The molecule has 1 aliphatic carbocycles. The second-order valence-corrected chi connectivity index (χ2v) is 9.67. The Labute approximate surface area is 231 Å². The smallest absolute Gasteiger partial charge is 0.433 e. The molecule has 0 spiro atoms. The van der Waals surface area contributed by atoms with Crippen LogP contribution in [0.25, 0.3) is 11.1 Å². The molecule has 0 bridgehead atoms. The van der Waals surface area contributed by atoms with Crippen LogP contribution in [-0.4, -0.2) is 11.1 Å². The number of carbonyl (C=O) groups excluding carboxylic acids is 1. The Morgan fingerprint density at radius 2 is 1.77 bits per heavy atom. The fourth-order valence-electron chi connectivity index (χ4n) is 4.78. The molecule has 196 valence electrons. The second-order valence-electron chi connectivity index (χ2n) is 8.85. The molecule has 0 fully saturated rings. The van der Waals surface area contributed by atoms with E-state index in [1.165, 1.54) is 0 Å². The third kappa shape index (κ3) is 5.29. The van der Waals surface area contributed by atoms with Gasteiger partial charge in [-0.05, 0) is 46.4 Å². The molecule has 10 heteroatoms. The van der Waals surface area contributed by atoms with Crippen LogP contribution in [0.5, 0.6) is 0 Å². The Balaban J connectivity index is 1.61. The minimum atomic E-state index is -4.86. The van der Waals surface area contributed by atoms with E-state index in [1.807, 2.05) is 6.07 Å². The molecule has 3 aromatic carbocycles. The molecule has 1 atom stereocenters. The molecule has 1 N–H and O–H groups in total. The van der Waals surface area contributed by atoms with Gasteiger partial charge in [0.2, 0.25) is 0 Å². The van der Waals surface area contributed by atoms with E-state index in [2.05, 4.69) is 10.3 Å². The van der Waals surface area contributed by atoms with Gasteiger partial charge in [-0.25, -0.2) is 9.78 Å². The highest BCUT2D eigenvalue weighted by molar-refractivity contribution is 6.42. The Kier molecular flexibility index (Phi) is 7.21. The number of hydrogen-bond acceptors (Lipinski definition) is 4. The zero-order valence-electron chi connectivity index (χ0n) is 20.0. The van der Waals surface area contributed by atoms with Crippen molar-refractivity contribution in [3.05, 3.63) is 116 Å². The first-order valence-electron chi connectivity index (χ1n) is 11.7. The van der Waals surface area contributed by atoms with Gasteiger partial charge in [-0.15, -0.1) is 0 Å². The van der Waals surface area contributed by atoms with E-state index in [1.54, 1.807) is 72.8 Å². The maximum atomic E-state index is 14.4. The number of ether oxygens (including phenoxy) is 1. The standard InChI is InChI=1S/C29H18Cl2F3N3O2/c30-23-11-10-17(12-24(23)31)20-13-21-25(19-9-5-4-8-18(19)20)22(14-35)27(36-26(21)29(32,33)34)37-28(38)39-15-16-6-2-1-3-7-16/h1-12,20H,13,15H2,(H,36,37,38). The Bertz CT molecular complexity index is 1620. The molecule has 0 saturated heterocycles. The third-order valence-electron chi connectivity index (χ3n) is 6.47. The minimum absolute atomic E-state index is 0.0742. The van der Waals surface area contributed by atoms with Crippen LogP contribution in [0.4, 0.5) is 23.8 Å². The van der Waals surface area contributed by atoms with Crippen molar-refractivity contribution < 1.29 is 22.7 Å². The van der Waals surface area contributed by atoms with E-state index in [0.29, 0.717) is 27.3 Å². The average molecular weight is 568 g/mol. The van der Waals surface area contributed by atoms with Gasteiger partial charge in [-0.3, -0.25) is 5.32 Å². The highest BCUT2D eigenvalue weighted by Gasteiger charge is 2.42. The summed E-state index contributed by atoms with van der Waals surface area (Å²) in [4.78, 5) is 16.3. The van der Waals surface area contributed by atoms with Gasteiger partial charge in [0.05, 0.1) is 10.0 Å². The lowest BCUT2D eigenvalue weighted by Crippen LogP contribution is -2.24. The van der Waals surface area contributed by atoms with Crippen molar-refractivity contribution in [3.8, 4) is 17.2 Å². The Hall–Kier alpha value is -4.06. The fraction of sp³-hybridized carbons (Fsp3) is 0.138. The fourth-order valence-corrected chi connectivity index (χ4v) is 5.08. The van der Waals surface area contributed by atoms with Gasteiger partial charge in [-0.1, -0.05) is 83.9 Å². The average Bonchev–Trinajstić information content (AvgIpc) is 2.92. The zero-order chi connectivity index (χ0) is 27.7. The van der Waals surface area contributed by atoms with Gasteiger partial charge < -0.3 is 4.74 Å². The molecule has 5 rings (SSSR count). The summed E-state index contributed by atoms with van der Waals surface area (Å²) in [5.41, 5.74) is 1.05. The highest BCUT2D eigenvalue weighted by Crippen LogP contribution is 2.49. The van der Waals surface area contributed by atoms with Gasteiger partial charge in [0, 0.05) is 11.5 Å². The van der Waals surface area contributed by atoms with Crippen LogP contribution in [0.2, 0.25) is 10.0 Å². The number of hydrogen-bond donors (Lipinski definition) is 1. The van der Waals surface area contributed by atoms with Crippen LogP contribution in [0, 0.1) is 11.3 Å². The number of nitrogens with zero attached hydrogens (tertiary/aromatic N) is 2. The summed E-state index contributed by atoms with van der Waals surface area (Å²) in [7, 11) is 0. The van der Waals surface area contributed by atoms with Crippen molar-refractivity contribution in [2.75, 3.05) is 5.32 Å². The lowest BCUT2D eigenvalue weighted by Gasteiger charge is -2.31. The summed E-state index contributed by atoms with van der Waals surface area (Å²) in [5, 5.41) is 12.9. The lowest BCUT2D eigenvalue weighted by atomic mass is 9.74. The molecule has 1 heterocycles. The molecule has 5 nitrogen and oxygen atoms in total. The first-order valence-corrected chi connectivity index (χ1v) is 12.5. The molecule has 0 radical (unpaired) electrons. The van der Waals surface area contributed by atoms with Crippen LogP contribution in [-0.2, 0) is 23.9 Å². The number of nitriles is 1. The van der Waals surface area contributed by atoms with Gasteiger partial charge in [0.1, 0.15) is 18.2 Å². The van der Waals surface area contributed by atoms with Crippen molar-refractivity contribution in [2.24, 2.45) is 0 Å². The van der Waals surface area contributed by atoms with E-state index < -0.39 is 29.7 Å². The zero-order valence-corrected chi connectivity index (χ0v) is 21.5. The van der Waals surface area contributed by atoms with Crippen molar-refractivity contribution in [2.45, 2.75) is 25.1 Å². The van der Waals surface area contributed by atoms with E-state index in [4.69, 9.17) is 27.9 Å². The quantitative estimate of drug-likeness (QED) is 0.268. The van der Waals surface area contributed by atoms with E-state index in [-0.39, 0.29) is 34.7 Å². The minimum Gasteiger partial charge on any atom is -0.444 e. The van der Waals surface area contributed by atoms with Crippen LogP contribution in [0.15, 0.2) is 72.8 Å². The maximum absolute atomic E-state index is 14.4. The number of amides is 1. The number of anilines is 1. The van der Waals surface area contributed by atoms with Crippen LogP contribution in [0.3, 0.4) is 0 Å². The van der Waals surface area contributed by atoms with E-state index in [0.717, 1.165) is 0 Å². The van der Waals surface area contributed by atoms with Crippen molar-refractivity contribution >= 4 is 35.1 Å². The summed E-state index contributed by atoms with van der Waals surface area (Å²) < 4.78 is 48.3. The molecule has 0 aliphatic heterocycles. The molecular weight excluding hydrogens is 550 g/mol. The molecule has 1 aliphatic rings. The summed E-state index contributed by atoms with van der Waals surface area (Å²) in [6.45, 7) is -0.111. The first kappa shape index (κ1) is 26.5. The number of aromatic nitrogens is 1. The molecule has 1 unspecified atom stereocenters. The number of alkyl halides is 3. The van der Waals surface area contributed by atoms with Crippen LogP contribution < -0.4 is 5.32 Å². The number of nitrogens with one attached hydrogen (secondary N) is 1. The summed E-state index contributed by atoms with van der Waals surface area (Å²) in [5.74, 6) is -1.03. The van der Waals surface area contributed by atoms with Crippen LogP contribution >= 0.6 is 23.2 Å². The van der Waals surface area contributed by atoms with Crippen molar-refractivity contribution in [1.82, 2.24) is 4.98 Å². The normalized spacial score (nSPS) is 14.1. The van der Waals surface area contributed by atoms with Crippen molar-refractivity contribution in [1.29, 1.82) is 5.26 Å². The molecule has 1 aromatic heterocycles. The molecular formula is C29H18Cl2F3N3O2. The molecule has 0 saturated carbocycles. The number of carbonyl (C=O) groups is 1. The SMILES string of the molecule is N#Cc1c(NC(=O)OCc2ccccc2)nc(C(F)(F)F)c2c1-c1ccccc1C(c1ccc(Cl)c(Cl)c1)C2. The van der Waals surface area contributed by atoms with Crippen LogP contribution in [0.1, 0.15) is 39.4 Å². The summed E-state index contributed by atoms with van der Waals surface area (Å²) in [6, 6.07) is 22.5. The van der Waals surface area contributed by atoms with Gasteiger partial charge in [-0.2, -0.15) is 18.4 Å². The van der Waals surface area contributed by atoms with Crippen molar-refractivity contribution in [3.63, 3.8) is 0 Å². The summed E-state index contributed by atoms with van der Waals surface area (Å²) >= 11 is 12.3. The number of halogens is 5. The van der Waals surface area contributed by atoms with Gasteiger partial charge in [0.25, 0.3) is 0 Å². The largest absolute Gasteiger partial charge is 0.444 e. The Morgan fingerprint density at radius 3 is 2.46 bits per heavy atom. The predicted molar refractivity (Wildman–Crippen MR) is 142 cm³/mol. The number of pyridine rings is 1. The van der Waals surface area contributed by atoms with E-state index >= 15 is 0 Å². The maximum Gasteiger partial charge on any atom is 0.433 e. The lowest BCUT2D eigenvalue weighted by molar-refractivity contribution is -0.141.